The molecule has 0 aliphatic rings. The predicted molar refractivity (Wildman–Crippen MR) is 86.3 cm³/mol. The number of rotatable bonds is 7. The molecule has 0 spiro atoms. The van der Waals surface area contributed by atoms with Crippen LogP contribution in [0.1, 0.15) is 56.5 Å². The Morgan fingerprint density at radius 3 is 2.45 bits per heavy atom. The second-order valence-electron chi connectivity index (χ2n) is 5.69. The minimum Gasteiger partial charge on any atom is -0.385 e. The van der Waals surface area contributed by atoms with Crippen molar-refractivity contribution in [2.45, 2.75) is 53.5 Å². The van der Waals surface area contributed by atoms with E-state index >= 15 is 0 Å². The average Bonchev–Trinajstić information content (AvgIpc) is 2.42. The van der Waals surface area contributed by atoms with Gasteiger partial charge < -0.3 is 10.6 Å². The molecule has 2 N–H and O–H groups in total. The molecule has 1 aromatic rings. The van der Waals surface area contributed by atoms with Crippen molar-refractivity contribution in [2.24, 2.45) is 5.92 Å². The summed E-state index contributed by atoms with van der Waals surface area (Å²) in [5.74, 6) is 0.478. The number of hydrogen-bond acceptors (Lipinski definition) is 2. The van der Waals surface area contributed by atoms with E-state index in [0.29, 0.717) is 5.92 Å². The number of carbonyl (C=O) groups is 1. The lowest BCUT2D eigenvalue weighted by atomic mass is 10.0. The smallest absolute Gasteiger partial charge is 0.251 e. The van der Waals surface area contributed by atoms with E-state index in [1.54, 1.807) is 0 Å². The third kappa shape index (κ3) is 4.55. The predicted octanol–water partition coefficient (Wildman–Crippen LogP) is 3.98. The molecule has 3 nitrogen and oxygen atoms in total. The highest BCUT2D eigenvalue weighted by atomic mass is 16.1. The standard InChI is InChI=1S/C17H28N2O/c1-6-10-18-16-9-8-14(11-13(16)5)17(20)19-15(7-2)12(3)4/h8-9,11-12,15,18H,6-7,10H2,1-5H3,(H,19,20). The lowest BCUT2D eigenvalue weighted by Crippen LogP contribution is -2.38. The van der Waals surface area contributed by atoms with Gasteiger partial charge in [-0.1, -0.05) is 27.7 Å². The molecule has 0 fully saturated rings. The van der Waals surface area contributed by atoms with Crippen molar-refractivity contribution in [3.8, 4) is 0 Å². The maximum Gasteiger partial charge on any atom is 0.251 e. The van der Waals surface area contributed by atoms with Crippen molar-refractivity contribution in [2.75, 3.05) is 11.9 Å². The van der Waals surface area contributed by atoms with Crippen LogP contribution < -0.4 is 10.6 Å². The summed E-state index contributed by atoms with van der Waals surface area (Å²) in [7, 11) is 0. The van der Waals surface area contributed by atoms with Crippen LogP contribution in [0.3, 0.4) is 0 Å². The monoisotopic (exact) mass is 276 g/mol. The maximum absolute atomic E-state index is 12.3. The molecule has 112 valence electrons. The molecule has 0 aliphatic heterocycles. The van der Waals surface area contributed by atoms with Gasteiger partial charge in [0.2, 0.25) is 0 Å². The minimum atomic E-state index is 0.0238. The highest BCUT2D eigenvalue weighted by molar-refractivity contribution is 5.95. The van der Waals surface area contributed by atoms with Crippen molar-refractivity contribution < 1.29 is 4.79 Å². The summed E-state index contributed by atoms with van der Waals surface area (Å²) in [5.41, 5.74) is 2.96. The first kappa shape index (κ1) is 16.5. The fourth-order valence-corrected chi connectivity index (χ4v) is 2.25. The fourth-order valence-electron chi connectivity index (χ4n) is 2.25. The van der Waals surface area contributed by atoms with Crippen molar-refractivity contribution in [3.63, 3.8) is 0 Å². The zero-order valence-electron chi connectivity index (χ0n) is 13.4. The molecule has 0 aliphatic carbocycles. The minimum absolute atomic E-state index is 0.0238. The Labute approximate surface area is 123 Å². The lowest BCUT2D eigenvalue weighted by molar-refractivity contribution is 0.0924. The Morgan fingerprint density at radius 1 is 1.25 bits per heavy atom. The Balaban J connectivity index is 2.76. The quantitative estimate of drug-likeness (QED) is 0.791. The van der Waals surface area contributed by atoms with Crippen LogP contribution >= 0.6 is 0 Å². The van der Waals surface area contributed by atoms with E-state index in [0.717, 1.165) is 36.2 Å². The Morgan fingerprint density at radius 2 is 1.95 bits per heavy atom. The zero-order chi connectivity index (χ0) is 15.1. The summed E-state index contributed by atoms with van der Waals surface area (Å²) in [6.07, 6.45) is 2.05. The van der Waals surface area contributed by atoms with Gasteiger partial charge in [-0.25, -0.2) is 0 Å². The molecule has 1 unspecified atom stereocenters. The van der Waals surface area contributed by atoms with Gasteiger partial charge in [0.1, 0.15) is 0 Å². The molecule has 3 heteroatoms. The lowest BCUT2D eigenvalue weighted by Gasteiger charge is -2.21. The van der Waals surface area contributed by atoms with Crippen molar-refractivity contribution in [3.05, 3.63) is 29.3 Å². The Bertz CT molecular complexity index is 441. The van der Waals surface area contributed by atoms with Crippen LogP contribution in [-0.2, 0) is 0 Å². The molecule has 0 saturated carbocycles. The van der Waals surface area contributed by atoms with Crippen LogP contribution in [0.5, 0.6) is 0 Å². The van der Waals surface area contributed by atoms with Gasteiger partial charge in [0.05, 0.1) is 0 Å². The number of carbonyl (C=O) groups excluding carboxylic acids is 1. The molecule has 0 bridgehead atoms. The average molecular weight is 276 g/mol. The molecule has 20 heavy (non-hydrogen) atoms. The summed E-state index contributed by atoms with van der Waals surface area (Å²) >= 11 is 0. The van der Waals surface area contributed by atoms with Crippen LogP contribution in [0, 0.1) is 12.8 Å². The van der Waals surface area contributed by atoms with Crippen molar-refractivity contribution in [1.82, 2.24) is 5.32 Å². The first-order valence-electron chi connectivity index (χ1n) is 7.64. The van der Waals surface area contributed by atoms with Gasteiger partial charge in [0, 0.05) is 23.8 Å². The Kier molecular flexibility index (Phi) is 6.56. The summed E-state index contributed by atoms with van der Waals surface area (Å²) < 4.78 is 0. The van der Waals surface area contributed by atoms with Gasteiger partial charge in [-0.05, 0) is 49.4 Å². The second-order valence-corrected chi connectivity index (χ2v) is 5.69. The van der Waals surface area contributed by atoms with Gasteiger partial charge in [0.25, 0.3) is 5.91 Å². The molecule has 0 heterocycles. The van der Waals surface area contributed by atoms with E-state index in [1.807, 2.05) is 25.1 Å². The highest BCUT2D eigenvalue weighted by Gasteiger charge is 2.15. The van der Waals surface area contributed by atoms with Crippen LogP contribution in [0.15, 0.2) is 18.2 Å². The number of aryl methyl sites for hydroxylation is 1. The molecule has 0 aromatic heterocycles. The Hall–Kier alpha value is -1.51. The normalized spacial score (nSPS) is 12.3. The van der Waals surface area contributed by atoms with E-state index < -0.39 is 0 Å². The summed E-state index contributed by atoms with van der Waals surface area (Å²) in [4.78, 5) is 12.3. The fraction of sp³-hybridized carbons (Fsp3) is 0.588. The van der Waals surface area contributed by atoms with Crippen LogP contribution in [0.25, 0.3) is 0 Å². The molecular formula is C17H28N2O. The van der Waals surface area contributed by atoms with Gasteiger partial charge in [-0.2, -0.15) is 0 Å². The first-order chi connectivity index (χ1) is 9.49. The third-order valence-corrected chi connectivity index (χ3v) is 3.62. The molecular weight excluding hydrogens is 248 g/mol. The topological polar surface area (TPSA) is 41.1 Å². The van der Waals surface area contributed by atoms with E-state index in [1.165, 1.54) is 0 Å². The molecule has 1 aromatic carbocycles. The maximum atomic E-state index is 12.3. The second kappa shape index (κ2) is 7.93. The number of benzene rings is 1. The summed E-state index contributed by atoms with van der Waals surface area (Å²) in [5, 5.41) is 6.48. The summed E-state index contributed by atoms with van der Waals surface area (Å²) in [6, 6.07) is 6.09. The number of nitrogens with one attached hydrogen (secondary N) is 2. The zero-order valence-corrected chi connectivity index (χ0v) is 13.4. The largest absolute Gasteiger partial charge is 0.385 e. The van der Waals surface area contributed by atoms with E-state index in [-0.39, 0.29) is 11.9 Å². The third-order valence-electron chi connectivity index (χ3n) is 3.62. The highest BCUT2D eigenvalue weighted by Crippen LogP contribution is 2.17. The molecule has 0 saturated heterocycles. The molecule has 1 atom stereocenters. The number of amides is 1. The van der Waals surface area contributed by atoms with Gasteiger partial charge >= 0.3 is 0 Å². The van der Waals surface area contributed by atoms with Crippen LogP contribution in [0.4, 0.5) is 5.69 Å². The van der Waals surface area contributed by atoms with Crippen LogP contribution in [0.2, 0.25) is 0 Å². The van der Waals surface area contributed by atoms with Gasteiger partial charge in [-0.15, -0.1) is 0 Å². The SMILES string of the molecule is CCCNc1ccc(C(=O)NC(CC)C(C)C)cc1C. The number of hydrogen-bond donors (Lipinski definition) is 2. The van der Waals surface area contributed by atoms with E-state index in [9.17, 15) is 4.79 Å². The van der Waals surface area contributed by atoms with E-state index in [4.69, 9.17) is 0 Å². The van der Waals surface area contributed by atoms with Crippen LogP contribution in [-0.4, -0.2) is 18.5 Å². The summed E-state index contributed by atoms with van der Waals surface area (Å²) in [6.45, 7) is 11.5. The van der Waals surface area contributed by atoms with Crippen molar-refractivity contribution >= 4 is 11.6 Å². The number of anilines is 1. The first-order valence-corrected chi connectivity index (χ1v) is 7.64. The molecule has 1 amide bonds. The van der Waals surface area contributed by atoms with Gasteiger partial charge in [-0.3, -0.25) is 4.79 Å². The molecule has 1 rings (SSSR count). The van der Waals surface area contributed by atoms with Gasteiger partial charge in [0.15, 0.2) is 0 Å². The van der Waals surface area contributed by atoms with Crippen molar-refractivity contribution in [1.29, 1.82) is 0 Å². The van der Waals surface area contributed by atoms with E-state index in [2.05, 4.69) is 38.3 Å². The molecule has 0 radical (unpaired) electrons.